The Labute approximate surface area is 124 Å². The largest absolute Gasteiger partial charge is 0.340 e. The predicted octanol–water partition coefficient (Wildman–Crippen LogP) is 2.09. The highest BCUT2D eigenvalue weighted by Gasteiger charge is 2.26. The van der Waals surface area contributed by atoms with Crippen molar-refractivity contribution in [3.8, 4) is 0 Å². The number of hydrogen-bond donors (Lipinski definition) is 1. The van der Waals surface area contributed by atoms with Crippen LogP contribution in [0.25, 0.3) is 0 Å². The Morgan fingerprint density at radius 3 is 2.15 bits per heavy atom. The molecule has 20 heavy (non-hydrogen) atoms. The van der Waals surface area contributed by atoms with Gasteiger partial charge in [-0.2, -0.15) is 0 Å². The van der Waals surface area contributed by atoms with Crippen LogP contribution in [-0.2, 0) is 4.79 Å². The number of nitrogens with zero attached hydrogens (tertiary/aromatic N) is 2. The molecule has 4 nitrogen and oxygen atoms in total. The summed E-state index contributed by atoms with van der Waals surface area (Å²) in [7, 11) is 0. The maximum atomic E-state index is 12.5. The van der Waals surface area contributed by atoms with Crippen LogP contribution in [0.15, 0.2) is 0 Å². The molecule has 0 saturated carbocycles. The van der Waals surface area contributed by atoms with Crippen molar-refractivity contribution in [1.29, 1.82) is 0 Å². The summed E-state index contributed by atoms with van der Waals surface area (Å²) >= 11 is 0. The van der Waals surface area contributed by atoms with E-state index in [1.165, 1.54) is 6.42 Å². The van der Waals surface area contributed by atoms with Gasteiger partial charge in [0.25, 0.3) is 0 Å². The van der Waals surface area contributed by atoms with E-state index < -0.39 is 0 Å². The van der Waals surface area contributed by atoms with Crippen molar-refractivity contribution in [3.05, 3.63) is 0 Å². The Hall–Kier alpha value is -0.610. The molecule has 2 N–H and O–H groups in total. The molecule has 118 valence electrons. The van der Waals surface area contributed by atoms with E-state index in [1.54, 1.807) is 0 Å². The van der Waals surface area contributed by atoms with Crippen molar-refractivity contribution in [3.63, 3.8) is 0 Å². The van der Waals surface area contributed by atoms with E-state index in [0.29, 0.717) is 5.91 Å². The van der Waals surface area contributed by atoms with Crippen molar-refractivity contribution < 1.29 is 4.79 Å². The molecule has 1 saturated heterocycles. The SMILES string of the molecule is CCCC(CCC)C(=O)N1CCN(CCCCN)CC1. The maximum Gasteiger partial charge on any atom is 0.225 e. The van der Waals surface area contributed by atoms with Crippen molar-refractivity contribution in [2.45, 2.75) is 52.4 Å². The molecule has 0 aromatic heterocycles. The highest BCUT2D eigenvalue weighted by atomic mass is 16.2. The molecule has 1 amide bonds. The summed E-state index contributed by atoms with van der Waals surface area (Å²) < 4.78 is 0. The molecular formula is C16H33N3O. The van der Waals surface area contributed by atoms with Gasteiger partial charge in [-0.3, -0.25) is 9.69 Å². The molecule has 0 aromatic carbocycles. The monoisotopic (exact) mass is 283 g/mol. The van der Waals surface area contributed by atoms with Crippen molar-refractivity contribution in [2.24, 2.45) is 11.7 Å². The van der Waals surface area contributed by atoms with Crippen LogP contribution in [0.5, 0.6) is 0 Å². The third kappa shape index (κ3) is 5.80. The van der Waals surface area contributed by atoms with Gasteiger partial charge in [-0.25, -0.2) is 0 Å². The van der Waals surface area contributed by atoms with E-state index in [0.717, 1.165) is 71.4 Å². The average Bonchev–Trinajstić information content (AvgIpc) is 2.47. The van der Waals surface area contributed by atoms with Gasteiger partial charge >= 0.3 is 0 Å². The highest BCUT2D eigenvalue weighted by Crippen LogP contribution is 2.18. The van der Waals surface area contributed by atoms with E-state index in [4.69, 9.17) is 5.73 Å². The van der Waals surface area contributed by atoms with Gasteiger partial charge in [0, 0.05) is 32.1 Å². The Kier molecular flexibility index (Phi) is 8.86. The van der Waals surface area contributed by atoms with E-state index in [9.17, 15) is 4.79 Å². The van der Waals surface area contributed by atoms with Gasteiger partial charge in [0.15, 0.2) is 0 Å². The summed E-state index contributed by atoms with van der Waals surface area (Å²) in [5.74, 6) is 0.657. The maximum absolute atomic E-state index is 12.5. The Morgan fingerprint density at radius 1 is 1.05 bits per heavy atom. The lowest BCUT2D eigenvalue weighted by Gasteiger charge is -2.36. The minimum atomic E-state index is 0.258. The molecular weight excluding hydrogens is 250 g/mol. The van der Waals surface area contributed by atoms with Crippen LogP contribution in [0.1, 0.15) is 52.4 Å². The molecule has 0 bridgehead atoms. The number of unbranched alkanes of at least 4 members (excludes halogenated alkanes) is 1. The van der Waals surface area contributed by atoms with Gasteiger partial charge in [0.1, 0.15) is 0 Å². The first-order chi connectivity index (χ1) is 9.72. The van der Waals surface area contributed by atoms with Gasteiger partial charge in [0.05, 0.1) is 0 Å². The summed E-state index contributed by atoms with van der Waals surface area (Å²) in [6.45, 7) is 10.1. The van der Waals surface area contributed by atoms with Gasteiger partial charge in [-0.15, -0.1) is 0 Å². The van der Waals surface area contributed by atoms with E-state index in [-0.39, 0.29) is 5.92 Å². The van der Waals surface area contributed by atoms with Gasteiger partial charge in [0.2, 0.25) is 5.91 Å². The molecule has 1 fully saturated rings. The highest BCUT2D eigenvalue weighted by molar-refractivity contribution is 5.78. The average molecular weight is 283 g/mol. The van der Waals surface area contributed by atoms with Crippen LogP contribution in [-0.4, -0.2) is 55.0 Å². The fraction of sp³-hybridized carbons (Fsp3) is 0.938. The summed E-state index contributed by atoms with van der Waals surface area (Å²) in [5, 5.41) is 0. The first-order valence-corrected chi connectivity index (χ1v) is 8.44. The number of nitrogens with two attached hydrogens (primary N) is 1. The Bertz CT molecular complexity index is 256. The second kappa shape index (κ2) is 10.2. The van der Waals surface area contributed by atoms with Gasteiger partial charge < -0.3 is 10.6 Å². The molecule has 1 rings (SSSR count). The van der Waals surface area contributed by atoms with E-state index in [2.05, 4.69) is 23.6 Å². The second-order valence-corrected chi connectivity index (χ2v) is 5.94. The number of hydrogen-bond acceptors (Lipinski definition) is 3. The van der Waals surface area contributed by atoms with Crippen LogP contribution in [0.2, 0.25) is 0 Å². The molecule has 1 aliphatic heterocycles. The zero-order valence-corrected chi connectivity index (χ0v) is 13.4. The van der Waals surface area contributed by atoms with Crippen molar-refractivity contribution >= 4 is 5.91 Å². The number of carbonyl (C=O) groups excluding carboxylic acids is 1. The molecule has 0 aromatic rings. The van der Waals surface area contributed by atoms with Gasteiger partial charge in [-0.05, 0) is 38.8 Å². The lowest BCUT2D eigenvalue weighted by atomic mass is 9.96. The minimum Gasteiger partial charge on any atom is -0.340 e. The number of carbonyl (C=O) groups is 1. The molecule has 0 atom stereocenters. The van der Waals surface area contributed by atoms with Crippen LogP contribution in [0, 0.1) is 5.92 Å². The molecule has 1 aliphatic rings. The first kappa shape index (κ1) is 17.4. The summed E-state index contributed by atoms with van der Waals surface area (Å²) in [6, 6.07) is 0. The summed E-state index contributed by atoms with van der Waals surface area (Å²) in [4.78, 5) is 17.1. The van der Waals surface area contributed by atoms with Crippen LogP contribution in [0.3, 0.4) is 0 Å². The minimum absolute atomic E-state index is 0.258. The van der Waals surface area contributed by atoms with E-state index >= 15 is 0 Å². The van der Waals surface area contributed by atoms with Crippen LogP contribution < -0.4 is 5.73 Å². The molecule has 0 spiro atoms. The smallest absolute Gasteiger partial charge is 0.225 e. The number of piperazine rings is 1. The third-order valence-corrected chi connectivity index (χ3v) is 4.24. The fourth-order valence-corrected chi connectivity index (χ4v) is 3.02. The number of amides is 1. The fourth-order valence-electron chi connectivity index (χ4n) is 3.02. The molecule has 0 radical (unpaired) electrons. The number of rotatable bonds is 9. The Morgan fingerprint density at radius 2 is 1.65 bits per heavy atom. The van der Waals surface area contributed by atoms with E-state index in [1.807, 2.05) is 0 Å². The lowest BCUT2D eigenvalue weighted by Crippen LogP contribution is -2.50. The van der Waals surface area contributed by atoms with Crippen LogP contribution >= 0.6 is 0 Å². The van der Waals surface area contributed by atoms with Crippen molar-refractivity contribution in [1.82, 2.24) is 9.80 Å². The van der Waals surface area contributed by atoms with Crippen LogP contribution in [0.4, 0.5) is 0 Å². The lowest BCUT2D eigenvalue weighted by molar-refractivity contribution is -0.137. The molecule has 4 heteroatoms. The van der Waals surface area contributed by atoms with Crippen molar-refractivity contribution in [2.75, 3.05) is 39.3 Å². The summed E-state index contributed by atoms with van der Waals surface area (Å²) in [6.07, 6.45) is 6.59. The first-order valence-electron chi connectivity index (χ1n) is 8.44. The molecule has 1 heterocycles. The standard InChI is InChI=1S/C16H33N3O/c1-3-7-15(8-4-2)16(20)19-13-11-18(12-14-19)10-6-5-9-17/h15H,3-14,17H2,1-2H3. The molecule has 0 aliphatic carbocycles. The van der Waals surface area contributed by atoms with Gasteiger partial charge in [-0.1, -0.05) is 26.7 Å². The predicted molar refractivity (Wildman–Crippen MR) is 84.6 cm³/mol. The Balaban J connectivity index is 2.33. The summed E-state index contributed by atoms with van der Waals surface area (Å²) in [5.41, 5.74) is 5.52. The quantitative estimate of drug-likeness (QED) is 0.659. The zero-order valence-electron chi connectivity index (χ0n) is 13.4. The molecule has 0 unspecified atom stereocenters. The normalized spacial score (nSPS) is 16.9. The topological polar surface area (TPSA) is 49.6 Å². The second-order valence-electron chi connectivity index (χ2n) is 5.94. The third-order valence-electron chi connectivity index (χ3n) is 4.24. The zero-order chi connectivity index (χ0) is 14.8.